The fourth-order valence-corrected chi connectivity index (χ4v) is 2.12. The molecule has 2 heterocycles. The van der Waals surface area contributed by atoms with Gasteiger partial charge in [0.2, 0.25) is 5.88 Å². The van der Waals surface area contributed by atoms with Gasteiger partial charge >= 0.3 is 0 Å². The summed E-state index contributed by atoms with van der Waals surface area (Å²) in [5, 5.41) is 8.07. The summed E-state index contributed by atoms with van der Waals surface area (Å²) in [6, 6.07) is 3.86. The van der Waals surface area contributed by atoms with E-state index >= 15 is 0 Å². The minimum atomic E-state index is 0.516. The Morgan fingerprint density at radius 1 is 1.50 bits per heavy atom. The molecule has 0 saturated heterocycles. The van der Waals surface area contributed by atoms with Crippen LogP contribution in [-0.4, -0.2) is 27.1 Å². The van der Waals surface area contributed by atoms with Crippen molar-refractivity contribution >= 4 is 5.82 Å². The van der Waals surface area contributed by atoms with E-state index in [0.717, 1.165) is 11.3 Å². The van der Waals surface area contributed by atoms with E-state index in [0.29, 0.717) is 24.2 Å². The maximum absolute atomic E-state index is 5.87. The molecule has 0 aromatic carbocycles. The summed E-state index contributed by atoms with van der Waals surface area (Å²) in [7, 11) is 1.61. The zero-order chi connectivity index (χ0) is 12.5. The molecule has 0 bridgehead atoms. The van der Waals surface area contributed by atoms with Gasteiger partial charge in [-0.25, -0.2) is 9.67 Å². The summed E-state index contributed by atoms with van der Waals surface area (Å²) in [5.41, 5.74) is 7.89. The van der Waals surface area contributed by atoms with Crippen LogP contribution in [0.15, 0.2) is 18.3 Å². The Hall–Kier alpha value is -2.11. The van der Waals surface area contributed by atoms with Crippen molar-refractivity contribution in [3.8, 4) is 5.88 Å². The van der Waals surface area contributed by atoms with Crippen molar-refractivity contribution in [2.24, 2.45) is 0 Å². The van der Waals surface area contributed by atoms with E-state index in [1.807, 2.05) is 16.8 Å². The second kappa shape index (κ2) is 4.29. The second-order valence-electron chi connectivity index (χ2n) is 4.46. The lowest BCUT2D eigenvalue weighted by Crippen LogP contribution is -2.08. The molecule has 0 unspecified atom stereocenters. The fraction of sp³-hybridized carbons (Fsp3) is 0.417. The zero-order valence-electron chi connectivity index (χ0n) is 10.2. The van der Waals surface area contributed by atoms with Gasteiger partial charge in [0.15, 0.2) is 5.82 Å². The Bertz CT molecular complexity index is 561. The molecule has 0 spiro atoms. The van der Waals surface area contributed by atoms with Crippen LogP contribution in [0.2, 0.25) is 0 Å². The average Bonchev–Trinajstić information content (AvgIpc) is 3.16. The lowest BCUT2D eigenvalue weighted by Gasteiger charge is -2.08. The van der Waals surface area contributed by atoms with Gasteiger partial charge in [0.05, 0.1) is 19.3 Å². The Kier molecular flexibility index (Phi) is 2.62. The van der Waals surface area contributed by atoms with Crippen molar-refractivity contribution in [1.29, 1.82) is 0 Å². The summed E-state index contributed by atoms with van der Waals surface area (Å²) in [6.07, 6.45) is 4.04. The first-order chi connectivity index (χ1) is 8.79. The van der Waals surface area contributed by atoms with Crippen LogP contribution in [0.3, 0.4) is 0 Å². The number of anilines is 1. The topological polar surface area (TPSA) is 78.8 Å². The second-order valence-corrected chi connectivity index (χ2v) is 4.46. The number of ether oxygens (including phenoxy) is 1. The lowest BCUT2D eigenvalue weighted by molar-refractivity contribution is 0.389. The third-order valence-corrected chi connectivity index (χ3v) is 3.13. The lowest BCUT2D eigenvalue weighted by atomic mass is 10.2. The summed E-state index contributed by atoms with van der Waals surface area (Å²) in [6.45, 7) is 0.590. The molecule has 0 amide bonds. The number of nitrogens with zero attached hydrogens (tertiary/aromatic N) is 4. The minimum absolute atomic E-state index is 0.516. The molecule has 1 aliphatic carbocycles. The van der Waals surface area contributed by atoms with E-state index in [2.05, 4.69) is 15.3 Å². The normalized spacial score (nSPS) is 14.7. The van der Waals surface area contributed by atoms with Crippen LogP contribution in [0.1, 0.15) is 30.0 Å². The van der Waals surface area contributed by atoms with Gasteiger partial charge in [0.25, 0.3) is 0 Å². The Labute approximate surface area is 105 Å². The molecule has 1 saturated carbocycles. The van der Waals surface area contributed by atoms with Crippen LogP contribution in [-0.2, 0) is 6.54 Å². The Morgan fingerprint density at radius 2 is 2.33 bits per heavy atom. The summed E-state index contributed by atoms with van der Waals surface area (Å²) < 4.78 is 7.09. The fourth-order valence-electron chi connectivity index (χ4n) is 2.12. The highest BCUT2D eigenvalue weighted by atomic mass is 16.5. The summed E-state index contributed by atoms with van der Waals surface area (Å²) in [5.74, 6) is 1.68. The van der Waals surface area contributed by atoms with Gasteiger partial charge in [-0.1, -0.05) is 11.3 Å². The van der Waals surface area contributed by atoms with Gasteiger partial charge in [-0.3, -0.25) is 0 Å². The molecule has 18 heavy (non-hydrogen) atoms. The highest BCUT2D eigenvalue weighted by Crippen LogP contribution is 2.42. The predicted molar refractivity (Wildman–Crippen MR) is 66.3 cm³/mol. The van der Waals surface area contributed by atoms with Crippen molar-refractivity contribution in [3.63, 3.8) is 0 Å². The van der Waals surface area contributed by atoms with Crippen LogP contribution in [0.25, 0.3) is 0 Å². The molecular weight excluding hydrogens is 230 g/mol. The molecule has 0 radical (unpaired) electrons. The van der Waals surface area contributed by atoms with Gasteiger partial charge in [-0.05, 0) is 18.9 Å². The molecule has 1 fully saturated rings. The molecule has 3 rings (SSSR count). The van der Waals surface area contributed by atoms with E-state index in [1.54, 1.807) is 13.3 Å². The molecule has 0 atom stereocenters. The van der Waals surface area contributed by atoms with E-state index in [4.69, 9.17) is 10.5 Å². The van der Waals surface area contributed by atoms with Gasteiger partial charge in [0.1, 0.15) is 0 Å². The number of hydrogen-bond acceptors (Lipinski definition) is 5. The van der Waals surface area contributed by atoms with Crippen molar-refractivity contribution in [1.82, 2.24) is 20.0 Å². The smallest absolute Gasteiger partial charge is 0.218 e. The molecule has 6 nitrogen and oxygen atoms in total. The van der Waals surface area contributed by atoms with E-state index in [-0.39, 0.29) is 0 Å². The van der Waals surface area contributed by atoms with Crippen LogP contribution < -0.4 is 10.5 Å². The molecule has 1 aliphatic rings. The van der Waals surface area contributed by atoms with E-state index in [9.17, 15) is 0 Å². The third-order valence-electron chi connectivity index (χ3n) is 3.13. The first-order valence-electron chi connectivity index (χ1n) is 5.96. The van der Waals surface area contributed by atoms with Crippen LogP contribution >= 0.6 is 0 Å². The number of nitrogens with two attached hydrogens (primary N) is 1. The number of rotatable bonds is 4. The van der Waals surface area contributed by atoms with Crippen molar-refractivity contribution in [3.05, 3.63) is 29.6 Å². The number of hydrogen-bond donors (Lipinski definition) is 1. The SMILES string of the molecule is COc1ncccc1Cn1nnc(N)c1C1CC1. The quantitative estimate of drug-likeness (QED) is 0.875. The van der Waals surface area contributed by atoms with Gasteiger partial charge in [-0.15, -0.1) is 5.10 Å². The number of methoxy groups -OCH3 is 1. The highest BCUT2D eigenvalue weighted by molar-refractivity contribution is 5.39. The molecule has 2 aromatic rings. The van der Waals surface area contributed by atoms with E-state index < -0.39 is 0 Å². The van der Waals surface area contributed by atoms with Crippen molar-refractivity contribution in [2.45, 2.75) is 25.3 Å². The minimum Gasteiger partial charge on any atom is -0.481 e. The number of nitrogen functional groups attached to an aromatic ring is 1. The predicted octanol–water partition coefficient (Wildman–Crippen LogP) is 1.19. The van der Waals surface area contributed by atoms with Gasteiger partial charge in [-0.2, -0.15) is 0 Å². The number of aromatic nitrogens is 4. The highest BCUT2D eigenvalue weighted by Gasteiger charge is 2.30. The largest absolute Gasteiger partial charge is 0.481 e. The molecule has 94 valence electrons. The number of pyridine rings is 1. The van der Waals surface area contributed by atoms with Crippen molar-refractivity contribution < 1.29 is 4.74 Å². The summed E-state index contributed by atoms with van der Waals surface area (Å²) in [4.78, 5) is 4.18. The molecule has 2 aromatic heterocycles. The van der Waals surface area contributed by atoms with Crippen LogP contribution in [0, 0.1) is 0 Å². The zero-order valence-corrected chi connectivity index (χ0v) is 10.2. The monoisotopic (exact) mass is 245 g/mol. The molecule has 0 aliphatic heterocycles. The molecular formula is C12H15N5O. The van der Waals surface area contributed by atoms with Gasteiger partial charge < -0.3 is 10.5 Å². The third kappa shape index (κ3) is 1.90. The Balaban J connectivity index is 1.92. The maximum Gasteiger partial charge on any atom is 0.218 e. The maximum atomic E-state index is 5.87. The van der Waals surface area contributed by atoms with Crippen LogP contribution in [0.4, 0.5) is 5.82 Å². The average molecular weight is 245 g/mol. The standard InChI is InChI=1S/C12H15N5O/c1-18-12-9(3-2-6-14-12)7-17-10(8-4-5-8)11(13)15-16-17/h2-3,6,8H,4-5,7,13H2,1H3. The van der Waals surface area contributed by atoms with E-state index in [1.165, 1.54) is 12.8 Å². The van der Waals surface area contributed by atoms with Crippen LogP contribution in [0.5, 0.6) is 5.88 Å². The first kappa shape index (κ1) is 11.0. The first-order valence-corrected chi connectivity index (χ1v) is 5.96. The Morgan fingerprint density at radius 3 is 3.06 bits per heavy atom. The summed E-state index contributed by atoms with van der Waals surface area (Å²) >= 11 is 0. The molecule has 2 N–H and O–H groups in total. The van der Waals surface area contributed by atoms with Gasteiger partial charge in [0, 0.05) is 17.7 Å². The molecule has 6 heteroatoms. The van der Waals surface area contributed by atoms with Crippen molar-refractivity contribution in [2.75, 3.05) is 12.8 Å².